The molecule has 4 heteroatoms. The van der Waals surface area contributed by atoms with Crippen molar-refractivity contribution in [3.8, 4) is 0 Å². The van der Waals surface area contributed by atoms with E-state index in [0.717, 1.165) is 18.8 Å². The Labute approximate surface area is 85.0 Å². The summed E-state index contributed by atoms with van der Waals surface area (Å²) in [5, 5.41) is 3.24. The summed E-state index contributed by atoms with van der Waals surface area (Å²) in [6.07, 6.45) is 4.99. The predicted octanol–water partition coefficient (Wildman–Crippen LogP) is 0.812. The van der Waals surface area contributed by atoms with E-state index in [9.17, 15) is 4.79 Å². The number of rotatable bonds is 3. The Hall–Kier alpha value is -1.06. The highest BCUT2D eigenvalue weighted by Crippen LogP contribution is 2.06. The molecular formula is C10H19N3O. The third-order valence-electron chi connectivity index (χ3n) is 2.29. The maximum atomic E-state index is 10.7. The van der Waals surface area contributed by atoms with Crippen molar-refractivity contribution in [3.05, 3.63) is 0 Å². The molecule has 0 aromatic carbocycles. The van der Waals surface area contributed by atoms with Crippen LogP contribution >= 0.6 is 0 Å². The molecule has 1 atom stereocenters. The molecule has 0 radical (unpaired) electrons. The van der Waals surface area contributed by atoms with Crippen molar-refractivity contribution in [2.75, 3.05) is 6.54 Å². The Morgan fingerprint density at radius 1 is 1.57 bits per heavy atom. The van der Waals surface area contributed by atoms with Gasteiger partial charge in [0.2, 0.25) is 5.91 Å². The lowest BCUT2D eigenvalue weighted by Crippen LogP contribution is -2.35. The molecule has 0 saturated carbocycles. The number of amides is 1. The molecule has 4 nitrogen and oxygen atoms in total. The van der Waals surface area contributed by atoms with Gasteiger partial charge in [-0.3, -0.25) is 9.79 Å². The largest absolute Gasteiger partial charge is 0.371 e. The predicted molar refractivity (Wildman–Crippen MR) is 57.2 cm³/mol. The molecule has 1 unspecified atom stereocenters. The number of aliphatic imine (C=N–C) groups is 1. The van der Waals surface area contributed by atoms with E-state index < -0.39 is 0 Å². The summed E-state index contributed by atoms with van der Waals surface area (Å²) in [7, 11) is 0. The number of nitrogens with one attached hydrogen (secondary N) is 1. The molecule has 0 fully saturated rings. The summed E-state index contributed by atoms with van der Waals surface area (Å²) in [5.74, 6) is 0.774. The minimum atomic E-state index is -0.265. The van der Waals surface area contributed by atoms with Gasteiger partial charge in [0.15, 0.2) is 0 Å². The first-order chi connectivity index (χ1) is 6.68. The van der Waals surface area contributed by atoms with E-state index in [4.69, 9.17) is 5.73 Å². The molecule has 0 spiro atoms. The second kappa shape index (κ2) is 5.62. The number of nitrogens with two attached hydrogens (primary N) is 1. The molecule has 1 amide bonds. The van der Waals surface area contributed by atoms with Crippen molar-refractivity contribution < 1.29 is 4.79 Å². The Balaban J connectivity index is 2.33. The maximum absolute atomic E-state index is 10.7. The monoisotopic (exact) mass is 197 g/mol. The minimum absolute atomic E-state index is 0.101. The van der Waals surface area contributed by atoms with Crippen molar-refractivity contribution in [1.29, 1.82) is 0 Å². The molecule has 0 bridgehead atoms. The summed E-state index contributed by atoms with van der Waals surface area (Å²) in [6, 6.07) is 0.101. The Kier molecular flexibility index (Phi) is 4.43. The van der Waals surface area contributed by atoms with E-state index in [1.165, 1.54) is 19.3 Å². The number of amidine groups is 1. The van der Waals surface area contributed by atoms with Crippen LogP contribution in [-0.4, -0.2) is 24.3 Å². The van der Waals surface area contributed by atoms with Gasteiger partial charge in [-0.15, -0.1) is 0 Å². The molecule has 14 heavy (non-hydrogen) atoms. The SMILES string of the molecule is CC(CC(N)=O)NC1=NCCCCC1. The van der Waals surface area contributed by atoms with Crippen LogP contribution < -0.4 is 11.1 Å². The first kappa shape index (κ1) is 11.0. The van der Waals surface area contributed by atoms with Gasteiger partial charge in [-0.2, -0.15) is 0 Å². The molecule has 1 heterocycles. The number of primary amides is 1. The van der Waals surface area contributed by atoms with Crippen LogP contribution in [0.25, 0.3) is 0 Å². The van der Waals surface area contributed by atoms with Gasteiger partial charge >= 0.3 is 0 Å². The molecule has 3 N–H and O–H groups in total. The standard InChI is InChI=1S/C10H19N3O/c1-8(7-9(11)14)13-10-5-3-2-4-6-12-10/h8H,2-7H2,1H3,(H2,11,14)(H,12,13). The second-order valence-electron chi connectivity index (χ2n) is 3.85. The van der Waals surface area contributed by atoms with Crippen LogP contribution in [0, 0.1) is 0 Å². The van der Waals surface area contributed by atoms with E-state index in [1.54, 1.807) is 0 Å². The van der Waals surface area contributed by atoms with Crippen LogP contribution in [0.4, 0.5) is 0 Å². The Morgan fingerprint density at radius 2 is 2.36 bits per heavy atom. The van der Waals surface area contributed by atoms with Gasteiger partial charge in [-0.05, 0) is 19.8 Å². The number of carbonyl (C=O) groups is 1. The molecule has 1 rings (SSSR count). The van der Waals surface area contributed by atoms with E-state index in [-0.39, 0.29) is 11.9 Å². The normalized spacial score (nSPS) is 19.4. The lowest BCUT2D eigenvalue weighted by molar-refractivity contribution is -0.118. The van der Waals surface area contributed by atoms with Gasteiger partial charge < -0.3 is 11.1 Å². The highest BCUT2D eigenvalue weighted by molar-refractivity contribution is 5.83. The van der Waals surface area contributed by atoms with E-state index >= 15 is 0 Å². The van der Waals surface area contributed by atoms with Crippen molar-refractivity contribution in [1.82, 2.24) is 5.32 Å². The molecule has 1 aliphatic rings. The maximum Gasteiger partial charge on any atom is 0.219 e. The molecule has 0 aromatic rings. The molecule has 0 aromatic heterocycles. The topological polar surface area (TPSA) is 67.5 Å². The Bertz CT molecular complexity index is 225. The molecule has 0 saturated heterocycles. The van der Waals surface area contributed by atoms with Crippen LogP contribution in [0.5, 0.6) is 0 Å². The lowest BCUT2D eigenvalue weighted by atomic mass is 10.2. The fourth-order valence-electron chi connectivity index (χ4n) is 1.63. The smallest absolute Gasteiger partial charge is 0.219 e. The fraction of sp³-hybridized carbons (Fsp3) is 0.800. The molecule has 0 aliphatic carbocycles. The van der Waals surface area contributed by atoms with Crippen molar-refractivity contribution in [2.24, 2.45) is 10.7 Å². The van der Waals surface area contributed by atoms with Crippen LogP contribution in [-0.2, 0) is 4.79 Å². The molecular weight excluding hydrogens is 178 g/mol. The van der Waals surface area contributed by atoms with Crippen molar-refractivity contribution >= 4 is 11.7 Å². The summed E-state index contributed by atoms with van der Waals surface area (Å²) in [4.78, 5) is 15.1. The van der Waals surface area contributed by atoms with Gasteiger partial charge in [0.25, 0.3) is 0 Å². The summed E-state index contributed by atoms with van der Waals surface area (Å²) in [5.41, 5.74) is 5.11. The van der Waals surface area contributed by atoms with Crippen molar-refractivity contribution in [2.45, 2.75) is 45.1 Å². The zero-order valence-electron chi connectivity index (χ0n) is 8.75. The Morgan fingerprint density at radius 3 is 3.07 bits per heavy atom. The first-order valence-electron chi connectivity index (χ1n) is 5.26. The number of nitrogens with zero attached hydrogens (tertiary/aromatic N) is 1. The van der Waals surface area contributed by atoms with Gasteiger partial charge in [-0.1, -0.05) is 6.42 Å². The van der Waals surface area contributed by atoms with Crippen LogP contribution in [0.15, 0.2) is 4.99 Å². The van der Waals surface area contributed by atoms with E-state index in [0.29, 0.717) is 6.42 Å². The third-order valence-corrected chi connectivity index (χ3v) is 2.29. The van der Waals surface area contributed by atoms with Crippen LogP contribution in [0.1, 0.15) is 39.0 Å². The zero-order chi connectivity index (χ0) is 10.4. The van der Waals surface area contributed by atoms with Crippen LogP contribution in [0.2, 0.25) is 0 Å². The number of hydrogen-bond acceptors (Lipinski definition) is 3. The highest BCUT2D eigenvalue weighted by Gasteiger charge is 2.09. The summed E-state index contributed by atoms with van der Waals surface area (Å²) >= 11 is 0. The average Bonchev–Trinajstić information content (AvgIpc) is 2.31. The summed E-state index contributed by atoms with van der Waals surface area (Å²) < 4.78 is 0. The van der Waals surface area contributed by atoms with Gasteiger partial charge in [0.1, 0.15) is 0 Å². The average molecular weight is 197 g/mol. The van der Waals surface area contributed by atoms with E-state index in [1.807, 2.05) is 6.92 Å². The quantitative estimate of drug-likeness (QED) is 0.703. The van der Waals surface area contributed by atoms with Crippen LogP contribution in [0.3, 0.4) is 0 Å². The van der Waals surface area contributed by atoms with Gasteiger partial charge in [-0.25, -0.2) is 0 Å². The lowest BCUT2D eigenvalue weighted by Gasteiger charge is -2.14. The van der Waals surface area contributed by atoms with E-state index in [2.05, 4.69) is 10.3 Å². The molecule has 80 valence electrons. The van der Waals surface area contributed by atoms with Gasteiger partial charge in [0, 0.05) is 25.4 Å². The fourth-order valence-corrected chi connectivity index (χ4v) is 1.63. The third kappa shape index (κ3) is 4.25. The number of carbonyl (C=O) groups excluding carboxylic acids is 1. The van der Waals surface area contributed by atoms with Crippen molar-refractivity contribution in [3.63, 3.8) is 0 Å². The number of hydrogen-bond donors (Lipinski definition) is 2. The second-order valence-corrected chi connectivity index (χ2v) is 3.85. The van der Waals surface area contributed by atoms with Gasteiger partial charge in [0.05, 0.1) is 5.84 Å². The summed E-state index contributed by atoms with van der Waals surface area (Å²) in [6.45, 7) is 2.86. The minimum Gasteiger partial charge on any atom is -0.371 e. The molecule has 1 aliphatic heterocycles. The highest BCUT2D eigenvalue weighted by atomic mass is 16.1. The zero-order valence-corrected chi connectivity index (χ0v) is 8.75. The first-order valence-corrected chi connectivity index (χ1v) is 5.26.